The van der Waals surface area contributed by atoms with Gasteiger partial charge in [0, 0.05) is 13.6 Å². The van der Waals surface area contributed by atoms with Crippen molar-refractivity contribution in [3.8, 4) is 6.07 Å². The Morgan fingerprint density at radius 3 is 2.60 bits per heavy atom. The zero-order chi connectivity index (χ0) is 15.1. The molecule has 0 saturated heterocycles. The number of nitrogens with one attached hydrogen (secondary N) is 1. The number of rotatable bonds is 7. The first kappa shape index (κ1) is 16.4. The van der Waals surface area contributed by atoms with Crippen LogP contribution in [0.1, 0.15) is 25.0 Å². The highest BCUT2D eigenvalue weighted by atomic mass is 19.3. The van der Waals surface area contributed by atoms with Crippen LogP contribution in [0.25, 0.3) is 0 Å². The Bertz CT molecular complexity index is 467. The summed E-state index contributed by atoms with van der Waals surface area (Å²) < 4.78 is 24.8. The highest BCUT2D eigenvalue weighted by Crippen LogP contribution is 2.21. The molecule has 0 fully saturated rings. The molecule has 110 valence electrons. The lowest BCUT2D eigenvalue weighted by Gasteiger charge is -2.20. The van der Waals surface area contributed by atoms with Gasteiger partial charge in [-0.05, 0) is 30.2 Å². The van der Waals surface area contributed by atoms with Crippen LogP contribution in [-0.2, 0) is 6.54 Å². The molecule has 1 rings (SSSR count). The van der Waals surface area contributed by atoms with Gasteiger partial charge in [0.1, 0.15) is 6.07 Å². The summed E-state index contributed by atoms with van der Waals surface area (Å²) >= 11 is 0. The predicted octanol–water partition coefficient (Wildman–Crippen LogP) is 3.01. The summed E-state index contributed by atoms with van der Waals surface area (Å²) in [5.41, 5.74) is 1.95. The number of halogens is 2. The Balaban J connectivity index is 2.78. The van der Waals surface area contributed by atoms with E-state index in [0.717, 1.165) is 12.1 Å². The summed E-state index contributed by atoms with van der Waals surface area (Å²) in [5, 5.41) is 12.4. The van der Waals surface area contributed by atoms with Crippen molar-refractivity contribution >= 4 is 5.69 Å². The molecule has 0 spiro atoms. The van der Waals surface area contributed by atoms with E-state index in [1.807, 2.05) is 6.07 Å². The zero-order valence-electron chi connectivity index (χ0n) is 12.2. The van der Waals surface area contributed by atoms with Gasteiger partial charge in [-0.2, -0.15) is 5.26 Å². The molecule has 20 heavy (non-hydrogen) atoms. The van der Waals surface area contributed by atoms with E-state index in [-0.39, 0.29) is 6.54 Å². The quantitative estimate of drug-likeness (QED) is 0.835. The van der Waals surface area contributed by atoms with E-state index in [0.29, 0.717) is 23.7 Å². The molecule has 1 aromatic rings. The van der Waals surface area contributed by atoms with Gasteiger partial charge in [0.25, 0.3) is 6.43 Å². The average Bonchev–Trinajstić information content (AvgIpc) is 2.37. The van der Waals surface area contributed by atoms with Crippen LogP contribution < -0.4 is 10.2 Å². The van der Waals surface area contributed by atoms with Crippen LogP contribution in [0.4, 0.5) is 14.5 Å². The molecule has 5 heteroatoms. The van der Waals surface area contributed by atoms with Crippen molar-refractivity contribution in [2.24, 2.45) is 5.92 Å². The molecular weight excluding hydrogens is 260 g/mol. The van der Waals surface area contributed by atoms with Gasteiger partial charge in [0.05, 0.1) is 17.8 Å². The number of benzene rings is 1. The van der Waals surface area contributed by atoms with Crippen LogP contribution in [-0.4, -0.2) is 26.6 Å². The molecule has 0 aliphatic rings. The normalized spacial score (nSPS) is 10.9. The lowest BCUT2D eigenvalue weighted by atomic mass is 10.1. The van der Waals surface area contributed by atoms with Crippen LogP contribution in [0.15, 0.2) is 18.2 Å². The summed E-state index contributed by atoms with van der Waals surface area (Å²) in [6.45, 7) is 5.44. The summed E-state index contributed by atoms with van der Waals surface area (Å²) in [4.78, 5) is 1.41. The predicted molar refractivity (Wildman–Crippen MR) is 77.0 cm³/mol. The highest BCUT2D eigenvalue weighted by Gasteiger charge is 2.12. The fourth-order valence-corrected chi connectivity index (χ4v) is 1.93. The zero-order valence-corrected chi connectivity index (χ0v) is 12.2. The summed E-state index contributed by atoms with van der Waals surface area (Å²) in [7, 11) is 1.57. The van der Waals surface area contributed by atoms with Crippen LogP contribution in [0.5, 0.6) is 0 Å². The monoisotopic (exact) mass is 281 g/mol. The van der Waals surface area contributed by atoms with Gasteiger partial charge in [-0.15, -0.1) is 0 Å². The Hall–Kier alpha value is -1.67. The van der Waals surface area contributed by atoms with E-state index in [2.05, 4.69) is 25.2 Å². The third-order valence-electron chi connectivity index (χ3n) is 2.89. The third-order valence-corrected chi connectivity index (χ3v) is 2.89. The molecule has 0 aliphatic carbocycles. The number of nitriles is 1. The minimum Gasteiger partial charge on any atom is -0.368 e. The van der Waals surface area contributed by atoms with Crippen molar-refractivity contribution in [3.05, 3.63) is 29.3 Å². The second kappa shape index (κ2) is 7.81. The van der Waals surface area contributed by atoms with Gasteiger partial charge in [-0.3, -0.25) is 0 Å². The summed E-state index contributed by atoms with van der Waals surface area (Å²) in [5.74, 6) is 0.557. The fourth-order valence-electron chi connectivity index (χ4n) is 1.93. The van der Waals surface area contributed by atoms with E-state index < -0.39 is 6.43 Å². The molecule has 0 aliphatic heterocycles. The molecule has 1 aromatic carbocycles. The molecule has 1 N–H and O–H groups in total. The molecule has 3 nitrogen and oxygen atoms in total. The lowest BCUT2D eigenvalue weighted by Crippen LogP contribution is -2.25. The van der Waals surface area contributed by atoms with Crippen molar-refractivity contribution < 1.29 is 8.78 Å². The molecular formula is C15H21F2N3. The first-order chi connectivity index (χ1) is 9.43. The first-order valence-electron chi connectivity index (χ1n) is 6.67. The Labute approximate surface area is 119 Å². The van der Waals surface area contributed by atoms with Crippen molar-refractivity contribution in [2.45, 2.75) is 26.8 Å². The second-order valence-electron chi connectivity index (χ2n) is 5.26. The van der Waals surface area contributed by atoms with Gasteiger partial charge < -0.3 is 10.2 Å². The van der Waals surface area contributed by atoms with E-state index in [1.54, 1.807) is 19.2 Å². The molecule has 0 atom stereocenters. The lowest BCUT2D eigenvalue weighted by molar-refractivity contribution is 0.156. The second-order valence-corrected chi connectivity index (χ2v) is 5.26. The first-order valence-corrected chi connectivity index (χ1v) is 6.67. The summed E-state index contributed by atoms with van der Waals surface area (Å²) in [6, 6.07) is 7.43. The Morgan fingerprint density at radius 2 is 2.05 bits per heavy atom. The minimum absolute atomic E-state index is 0.375. The number of nitrogens with zero attached hydrogens (tertiary/aromatic N) is 2. The molecule has 0 bridgehead atoms. The molecule has 0 amide bonds. The van der Waals surface area contributed by atoms with Crippen molar-refractivity contribution in [2.75, 3.05) is 25.0 Å². The highest BCUT2D eigenvalue weighted by molar-refractivity contribution is 5.60. The SMILES string of the molecule is CC(C)CNCc1ccc(N(C)CC(F)F)c(C#N)c1. The van der Waals surface area contributed by atoms with Crippen LogP contribution in [0.3, 0.4) is 0 Å². The maximum absolute atomic E-state index is 12.4. The van der Waals surface area contributed by atoms with Gasteiger partial charge in [-0.25, -0.2) is 8.78 Å². The van der Waals surface area contributed by atoms with Crippen molar-refractivity contribution in [3.63, 3.8) is 0 Å². The van der Waals surface area contributed by atoms with Crippen molar-refractivity contribution in [1.82, 2.24) is 5.32 Å². The number of hydrogen-bond donors (Lipinski definition) is 1. The topological polar surface area (TPSA) is 39.1 Å². The Kier molecular flexibility index (Phi) is 6.40. The van der Waals surface area contributed by atoms with Gasteiger partial charge in [0.2, 0.25) is 0 Å². The maximum atomic E-state index is 12.4. The van der Waals surface area contributed by atoms with E-state index in [1.165, 1.54) is 4.90 Å². The maximum Gasteiger partial charge on any atom is 0.255 e. The molecule has 0 radical (unpaired) electrons. The minimum atomic E-state index is -2.42. The summed E-state index contributed by atoms with van der Waals surface area (Å²) in [6.07, 6.45) is -2.42. The van der Waals surface area contributed by atoms with Crippen LogP contribution in [0.2, 0.25) is 0 Å². The number of anilines is 1. The average molecular weight is 281 g/mol. The largest absolute Gasteiger partial charge is 0.368 e. The smallest absolute Gasteiger partial charge is 0.255 e. The van der Waals surface area contributed by atoms with Gasteiger partial charge in [0.15, 0.2) is 0 Å². The van der Waals surface area contributed by atoms with E-state index >= 15 is 0 Å². The van der Waals surface area contributed by atoms with Crippen LogP contribution in [0, 0.1) is 17.2 Å². The molecule has 0 unspecified atom stereocenters. The fraction of sp³-hybridized carbons (Fsp3) is 0.533. The third kappa shape index (κ3) is 5.14. The van der Waals surface area contributed by atoms with E-state index in [9.17, 15) is 8.78 Å². The standard InChI is InChI=1S/C15H21F2N3/c1-11(2)8-19-9-12-4-5-14(13(6-12)7-18)20(3)10-15(16)17/h4-6,11,15,19H,8-10H2,1-3H3. The molecule has 0 heterocycles. The molecule has 0 aromatic heterocycles. The van der Waals surface area contributed by atoms with E-state index in [4.69, 9.17) is 5.26 Å². The number of hydrogen-bond acceptors (Lipinski definition) is 3. The van der Waals surface area contributed by atoms with Crippen molar-refractivity contribution in [1.29, 1.82) is 5.26 Å². The van der Waals surface area contributed by atoms with Gasteiger partial charge >= 0.3 is 0 Å². The van der Waals surface area contributed by atoms with Gasteiger partial charge in [-0.1, -0.05) is 19.9 Å². The Morgan fingerprint density at radius 1 is 1.35 bits per heavy atom. The van der Waals surface area contributed by atoms with Crippen LogP contribution >= 0.6 is 0 Å². The number of alkyl halides is 2. The molecule has 0 saturated carbocycles.